The van der Waals surface area contributed by atoms with E-state index in [1.165, 1.54) is 0 Å². The molecule has 0 radical (unpaired) electrons. The van der Waals surface area contributed by atoms with E-state index in [0.717, 1.165) is 64.2 Å². The van der Waals surface area contributed by atoms with Crippen molar-refractivity contribution in [3.63, 3.8) is 0 Å². The maximum Gasteiger partial charge on any atom is 0.306 e. The molecule has 0 heterocycles. The number of carbonyl (C=O) groups excluding carboxylic acids is 3. The van der Waals surface area contributed by atoms with Crippen molar-refractivity contribution in [2.24, 2.45) is 0 Å². The average Bonchev–Trinajstić information content (AvgIpc) is 3.35. The van der Waals surface area contributed by atoms with Gasteiger partial charge >= 0.3 is 17.9 Å². The minimum absolute atomic E-state index is 0.160. The highest BCUT2D eigenvalue weighted by molar-refractivity contribution is 5.71. The van der Waals surface area contributed by atoms with Gasteiger partial charge in [0.2, 0.25) is 0 Å². The molecule has 0 aliphatic heterocycles. The van der Waals surface area contributed by atoms with Gasteiger partial charge in [-0.2, -0.15) is 0 Å². The molecule has 0 spiro atoms. The number of allylic oxidation sites excluding steroid dienone is 38. The third-order valence-corrected chi connectivity index (χ3v) is 9.16. The van der Waals surface area contributed by atoms with Gasteiger partial charge in [-0.15, -0.1) is 0 Å². The molecule has 0 saturated carbocycles. The fraction of sp³-hybridized carbons (Fsp3) is 0.349. The second-order valence-electron chi connectivity index (χ2n) is 15.4. The lowest BCUT2D eigenvalue weighted by molar-refractivity contribution is -0.167. The van der Waals surface area contributed by atoms with Gasteiger partial charge in [0, 0.05) is 19.3 Å². The minimum Gasteiger partial charge on any atom is -0.462 e. The lowest BCUT2D eigenvalue weighted by atomic mass is 10.1. The van der Waals surface area contributed by atoms with Gasteiger partial charge in [0.15, 0.2) is 6.10 Å². The molecule has 372 valence electrons. The van der Waals surface area contributed by atoms with Gasteiger partial charge in [-0.25, -0.2) is 0 Å². The van der Waals surface area contributed by atoms with Crippen LogP contribution in [0.3, 0.4) is 0 Å². The first-order valence-corrected chi connectivity index (χ1v) is 25.2. The standard InChI is InChI=1S/C63H84O6/c1-4-7-10-13-16-19-22-25-27-29-31-33-35-38-41-44-47-50-53-56-62(65)68-59-60(58-67-61(64)55-52-49-46-43-40-37-24-21-18-15-12-9-6-3)69-63(66)57-54-51-48-45-42-39-36-34-32-30-28-26-23-20-17-14-11-8-5-2/h7-43,46,60H,4-6,44-45,47-59H2,1-3H3/b10-7-,11-8-,12-9-,16-13-,17-14-,18-15-,22-19-,23-20-,24-21-,27-25-,28-26-,31-29+,32-30+,35-33-,36-34-,40-37-,41-38-,42-39-,46-43-. The van der Waals surface area contributed by atoms with Gasteiger partial charge in [-0.1, -0.05) is 265 Å². The molecule has 0 fully saturated rings. The molecule has 0 aromatic rings. The molecular formula is C63H84O6. The summed E-state index contributed by atoms with van der Waals surface area (Å²) in [6.07, 6.45) is 87.4. The summed E-state index contributed by atoms with van der Waals surface area (Å²) in [5.74, 6) is -1.15. The highest BCUT2D eigenvalue weighted by atomic mass is 16.6. The van der Waals surface area contributed by atoms with E-state index >= 15 is 0 Å². The number of rotatable bonds is 40. The van der Waals surface area contributed by atoms with Crippen LogP contribution in [0.25, 0.3) is 0 Å². The third kappa shape index (κ3) is 52.3. The molecule has 0 aliphatic carbocycles. The zero-order valence-corrected chi connectivity index (χ0v) is 42.2. The summed E-state index contributed by atoms with van der Waals surface area (Å²) < 4.78 is 16.6. The molecule has 6 nitrogen and oxygen atoms in total. The summed E-state index contributed by atoms with van der Waals surface area (Å²) >= 11 is 0. The molecule has 0 aromatic heterocycles. The van der Waals surface area contributed by atoms with E-state index in [0.29, 0.717) is 19.3 Å². The normalized spacial score (nSPS) is 14.1. The van der Waals surface area contributed by atoms with Crippen LogP contribution >= 0.6 is 0 Å². The number of esters is 3. The van der Waals surface area contributed by atoms with Crippen LogP contribution in [0.15, 0.2) is 231 Å². The number of hydrogen-bond acceptors (Lipinski definition) is 6. The zero-order valence-electron chi connectivity index (χ0n) is 42.2. The Morgan fingerprint density at radius 1 is 0.290 bits per heavy atom. The first-order valence-electron chi connectivity index (χ1n) is 25.2. The van der Waals surface area contributed by atoms with E-state index in [-0.39, 0.29) is 44.4 Å². The average molecular weight is 937 g/mol. The maximum atomic E-state index is 12.8. The van der Waals surface area contributed by atoms with Gasteiger partial charge in [0.1, 0.15) is 13.2 Å². The van der Waals surface area contributed by atoms with Crippen LogP contribution in [-0.4, -0.2) is 37.2 Å². The molecule has 69 heavy (non-hydrogen) atoms. The van der Waals surface area contributed by atoms with Crippen molar-refractivity contribution >= 4 is 17.9 Å². The van der Waals surface area contributed by atoms with Gasteiger partial charge in [0.25, 0.3) is 0 Å². The van der Waals surface area contributed by atoms with E-state index < -0.39 is 12.1 Å². The molecule has 0 rings (SSSR count). The Morgan fingerprint density at radius 2 is 0.536 bits per heavy atom. The van der Waals surface area contributed by atoms with Crippen LogP contribution < -0.4 is 0 Å². The van der Waals surface area contributed by atoms with Crippen molar-refractivity contribution in [1.82, 2.24) is 0 Å². The summed E-state index contributed by atoms with van der Waals surface area (Å²) in [4.78, 5) is 38.0. The zero-order chi connectivity index (χ0) is 50.0. The van der Waals surface area contributed by atoms with Crippen molar-refractivity contribution in [1.29, 1.82) is 0 Å². The first kappa shape index (κ1) is 62.5. The summed E-state index contributed by atoms with van der Waals surface area (Å²) in [6, 6.07) is 0. The smallest absolute Gasteiger partial charge is 0.306 e. The van der Waals surface area contributed by atoms with Gasteiger partial charge in [-0.3, -0.25) is 14.4 Å². The molecule has 0 amide bonds. The molecular weight excluding hydrogens is 853 g/mol. The molecule has 0 bridgehead atoms. The molecule has 0 saturated heterocycles. The summed E-state index contributed by atoms with van der Waals surface area (Å²) in [6.45, 7) is 6.00. The van der Waals surface area contributed by atoms with Crippen molar-refractivity contribution in [3.05, 3.63) is 231 Å². The Hall–Kier alpha value is -6.53. The topological polar surface area (TPSA) is 78.9 Å². The Bertz CT molecular complexity index is 1890. The van der Waals surface area contributed by atoms with Crippen LogP contribution in [0.5, 0.6) is 0 Å². The summed E-state index contributed by atoms with van der Waals surface area (Å²) in [5, 5.41) is 0. The second-order valence-corrected chi connectivity index (χ2v) is 15.4. The van der Waals surface area contributed by atoms with Gasteiger partial charge in [-0.05, 0) is 70.6 Å². The Balaban J connectivity index is 4.76. The molecule has 0 aromatic carbocycles. The van der Waals surface area contributed by atoms with Crippen molar-refractivity contribution in [2.45, 2.75) is 130 Å². The van der Waals surface area contributed by atoms with Crippen molar-refractivity contribution in [2.75, 3.05) is 13.2 Å². The Labute approximate surface area is 418 Å². The molecule has 1 unspecified atom stereocenters. The quantitative estimate of drug-likeness (QED) is 0.0264. The monoisotopic (exact) mass is 937 g/mol. The minimum atomic E-state index is -0.867. The number of unbranched alkanes of at least 4 members (excludes halogenated alkanes) is 7. The van der Waals surface area contributed by atoms with E-state index in [2.05, 4.69) is 51.2 Å². The van der Waals surface area contributed by atoms with E-state index in [1.54, 1.807) is 0 Å². The van der Waals surface area contributed by atoms with Crippen molar-refractivity contribution in [3.8, 4) is 0 Å². The highest BCUT2D eigenvalue weighted by Gasteiger charge is 2.19. The third-order valence-electron chi connectivity index (χ3n) is 9.16. The van der Waals surface area contributed by atoms with Gasteiger partial charge < -0.3 is 14.2 Å². The van der Waals surface area contributed by atoms with Crippen LogP contribution in [0, 0.1) is 0 Å². The van der Waals surface area contributed by atoms with Gasteiger partial charge in [0.05, 0.1) is 0 Å². The van der Waals surface area contributed by atoms with E-state index in [4.69, 9.17) is 14.2 Å². The van der Waals surface area contributed by atoms with Crippen LogP contribution in [0.1, 0.15) is 124 Å². The molecule has 6 heteroatoms. The Kier molecular flexibility index (Phi) is 49.0. The Morgan fingerprint density at radius 3 is 0.841 bits per heavy atom. The highest BCUT2D eigenvalue weighted by Crippen LogP contribution is 2.10. The first-order chi connectivity index (χ1) is 34.0. The molecule has 0 aliphatic rings. The lowest BCUT2D eigenvalue weighted by Crippen LogP contribution is -2.30. The number of hydrogen-bond donors (Lipinski definition) is 0. The number of ether oxygens (including phenoxy) is 3. The predicted molar refractivity (Wildman–Crippen MR) is 296 cm³/mol. The fourth-order valence-electron chi connectivity index (χ4n) is 5.49. The van der Waals surface area contributed by atoms with Crippen molar-refractivity contribution < 1.29 is 28.6 Å². The molecule has 0 N–H and O–H groups in total. The molecule has 1 atom stereocenters. The summed E-state index contributed by atoms with van der Waals surface area (Å²) in [5.41, 5.74) is 0. The predicted octanol–water partition coefficient (Wildman–Crippen LogP) is 16.9. The SMILES string of the molecule is CC\C=C/C=C\C=C/C=C\C=C/CCCC(=O)OCC(COC(=O)CCCCC\C=C/C=C\C=C\C=C/C=C\C=C/C=C\CC)OC(=O)CCCCC\C=C/C=C\C=C\C=C/C=C\C=C/C=C\CC. The van der Waals surface area contributed by atoms with Crippen LogP contribution in [-0.2, 0) is 28.6 Å². The summed E-state index contributed by atoms with van der Waals surface area (Å²) in [7, 11) is 0. The van der Waals surface area contributed by atoms with E-state index in [9.17, 15) is 14.4 Å². The number of carbonyl (C=O) groups is 3. The largest absolute Gasteiger partial charge is 0.462 e. The second kappa shape index (κ2) is 54.1. The van der Waals surface area contributed by atoms with E-state index in [1.807, 2.05) is 201 Å². The lowest BCUT2D eigenvalue weighted by Gasteiger charge is -2.18. The van der Waals surface area contributed by atoms with Crippen LogP contribution in [0.4, 0.5) is 0 Å². The maximum absolute atomic E-state index is 12.8. The van der Waals surface area contributed by atoms with Crippen LogP contribution in [0.2, 0.25) is 0 Å². The fourth-order valence-corrected chi connectivity index (χ4v) is 5.49.